The van der Waals surface area contributed by atoms with Crippen LogP contribution in [0.3, 0.4) is 0 Å². The number of carbonyl (C=O) groups excluding carboxylic acids is 1. The first-order valence-corrected chi connectivity index (χ1v) is 5.96. The van der Waals surface area contributed by atoms with Crippen LogP contribution in [0.4, 0.5) is 13.2 Å². The summed E-state index contributed by atoms with van der Waals surface area (Å²) >= 11 is 0. The summed E-state index contributed by atoms with van der Waals surface area (Å²) in [5, 5.41) is 8.98. The Hall–Kier alpha value is -1.57. The van der Waals surface area contributed by atoms with Gasteiger partial charge in [-0.05, 0) is 12.8 Å². The first kappa shape index (κ1) is 13.9. The average molecular weight is 276 g/mol. The molecule has 0 aromatic carbocycles. The molecule has 5 nitrogen and oxygen atoms in total. The van der Waals surface area contributed by atoms with Crippen LogP contribution < -0.4 is 10.6 Å². The molecule has 2 heterocycles. The number of carbonyl (C=O) groups is 1. The number of aryl methyl sites for hydroxylation is 1. The normalized spacial score (nSPS) is 24.2. The van der Waals surface area contributed by atoms with Crippen molar-refractivity contribution in [3.8, 4) is 0 Å². The van der Waals surface area contributed by atoms with E-state index < -0.39 is 12.2 Å². The molecule has 8 heteroatoms. The van der Waals surface area contributed by atoms with E-state index in [4.69, 9.17) is 0 Å². The van der Waals surface area contributed by atoms with Crippen LogP contribution in [-0.2, 0) is 7.05 Å². The van der Waals surface area contributed by atoms with Gasteiger partial charge in [-0.15, -0.1) is 0 Å². The molecule has 0 aliphatic carbocycles. The van der Waals surface area contributed by atoms with Crippen LogP contribution in [0.2, 0.25) is 0 Å². The van der Waals surface area contributed by atoms with E-state index in [1.807, 2.05) is 0 Å². The van der Waals surface area contributed by atoms with Crippen LogP contribution in [0.1, 0.15) is 23.2 Å². The molecule has 2 N–H and O–H groups in total. The molecule has 2 unspecified atom stereocenters. The van der Waals surface area contributed by atoms with Gasteiger partial charge in [-0.1, -0.05) is 0 Å². The number of hydrogen-bond acceptors (Lipinski definition) is 3. The zero-order chi connectivity index (χ0) is 14.0. The second kappa shape index (κ2) is 5.20. The lowest BCUT2D eigenvalue weighted by molar-refractivity contribution is -0.160. The molecule has 0 radical (unpaired) electrons. The lowest BCUT2D eigenvalue weighted by atomic mass is 10.00. The van der Waals surface area contributed by atoms with Crippen LogP contribution in [0.25, 0.3) is 0 Å². The van der Waals surface area contributed by atoms with Crippen LogP contribution in [0, 0.1) is 0 Å². The summed E-state index contributed by atoms with van der Waals surface area (Å²) in [6.07, 6.45) is -0.961. The van der Waals surface area contributed by atoms with Crippen molar-refractivity contribution < 1.29 is 18.0 Å². The van der Waals surface area contributed by atoms with Gasteiger partial charge in [0.15, 0.2) is 0 Å². The maximum Gasteiger partial charge on any atom is 0.403 e. The molecular formula is C11H15F3N4O. The maximum absolute atomic E-state index is 12.4. The highest BCUT2D eigenvalue weighted by atomic mass is 19.4. The summed E-state index contributed by atoms with van der Waals surface area (Å²) in [4.78, 5) is 11.8. The number of hydrogen-bond donors (Lipinski definition) is 2. The Labute approximate surface area is 108 Å². The predicted octanol–water partition coefficient (Wildman–Crippen LogP) is 0.833. The van der Waals surface area contributed by atoms with E-state index in [0.29, 0.717) is 12.0 Å². The van der Waals surface area contributed by atoms with Gasteiger partial charge in [0.2, 0.25) is 0 Å². The summed E-state index contributed by atoms with van der Waals surface area (Å²) in [6, 6.07) is -1.76. The fraction of sp³-hybridized carbons (Fsp3) is 0.636. The number of aromatic nitrogens is 2. The SMILES string of the molecule is Cn1cc(C(=O)NC2CCC(C(F)(F)F)NC2)cn1. The Morgan fingerprint density at radius 1 is 1.53 bits per heavy atom. The van der Waals surface area contributed by atoms with Crippen molar-refractivity contribution in [3.63, 3.8) is 0 Å². The van der Waals surface area contributed by atoms with Crippen molar-refractivity contribution >= 4 is 5.91 Å². The van der Waals surface area contributed by atoms with E-state index in [1.54, 1.807) is 13.2 Å². The van der Waals surface area contributed by atoms with Crippen molar-refractivity contribution in [1.29, 1.82) is 0 Å². The Balaban J connectivity index is 1.84. The van der Waals surface area contributed by atoms with Gasteiger partial charge in [-0.25, -0.2) is 0 Å². The molecule has 1 aliphatic heterocycles. The van der Waals surface area contributed by atoms with Gasteiger partial charge in [-0.2, -0.15) is 18.3 Å². The molecule has 19 heavy (non-hydrogen) atoms. The van der Waals surface area contributed by atoms with Crippen molar-refractivity contribution in [3.05, 3.63) is 18.0 Å². The van der Waals surface area contributed by atoms with E-state index >= 15 is 0 Å². The van der Waals surface area contributed by atoms with Gasteiger partial charge in [0.05, 0.1) is 11.8 Å². The zero-order valence-electron chi connectivity index (χ0n) is 10.4. The molecule has 1 amide bonds. The predicted molar refractivity (Wildman–Crippen MR) is 61.5 cm³/mol. The number of nitrogens with zero attached hydrogens (tertiary/aromatic N) is 2. The highest BCUT2D eigenvalue weighted by Crippen LogP contribution is 2.26. The molecule has 2 atom stereocenters. The maximum atomic E-state index is 12.4. The Kier molecular flexibility index (Phi) is 3.79. The van der Waals surface area contributed by atoms with Gasteiger partial charge in [0.25, 0.3) is 5.91 Å². The largest absolute Gasteiger partial charge is 0.403 e. The number of alkyl halides is 3. The molecule has 0 saturated carbocycles. The molecule has 1 saturated heterocycles. The fourth-order valence-electron chi connectivity index (χ4n) is 2.07. The van der Waals surface area contributed by atoms with Crippen molar-refractivity contribution in [2.24, 2.45) is 7.05 Å². The highest BCUT2D eigenvalue weighted by Gasteiger charge is 2.41. The second-order valence-corrected chi connectivity index (χ2v) is 4.65. The third-order valence-corrected chi connectivity index (χ3v) is 3.11. The molecule has 2 rings (SSSR count). The number of nitrogens with one attached hydrogen (secondary N) is 2. The molecule has 106 valence electrons. The fourth-order valence-corrected chi connectivity index (χ4v) is 2.07. The monoisotopic (exact) mass is 276 g/mol. The molecule has 1 aromatic rings. The van der Waals surface area contributed by atoms with Gasteiger partial charge in [0, 0.05) is 25.8 Å². The summed E-state index contributed by atoms with van der Waals surface area (Å²) in [5.41, 5.74) is 0.403. The lowest BCUT2D eigenvalue weighted by Crippen LogP contribution is -2.54. The van der Waals surface area contributed by atoms with E-state index in [1.165, 1.54) is 10.9 Å². The third-order valence-electron chi connectivity index (χ3n) is 3.11. The Morgan fingerprint density at radius 2 is 2.26 bits per heavy atom. The van der Waals surface area contributed by atoms with E-state index in [0.717, 1.165) is 0 Å². The Bertz CT molecular complexity index is 449. The summed E-state index contributed by atoms with van der Waals surface area (Å²) in [5.74, 6) is -0.314. The van der Waals surface area contributed by atoms with E-state index in [2.05, 4.69) is 15.7 Å². The average Bonchev–Trinajstić information content (AvgIpc) is 2.75. The summed E-state index contributed by atoms with van der Waals surface area (Å²) in [7, 11) is 1.69. The second-order valence-electron chi connectivity index (χ2n) is 4.65. The van der Waals surface area contributed by atoms with Gasteiger partial charge in [-0.3, -0.25) is 9.48 Å². The third kappa shape index (κ3) is 3.46. The molecule has 0 bridgehead atoms. The minimum atomic E-state index is -4.22. The van der Waals surface area contributed by atoms with Crippen molar-refractivity contribution in [2.75, 3.05) is 6.54 Å². The number of amides is 1. The molecule has 1 fully saturated rings. The number of piperidine rings is 1. The molecule has 1 aliphatic rings. The molecule has 1 aromatic heterocycles. The van der Waals surface area contributed by atoms with Crippen LogP contribution in [0.15, 0.2) is 12.4 Å². The first-order valence-electron chi connectivity index (χ1n) is 5.96. The number of halogens is 3. The van der Waals surface area contributed by atoms with E-state index in [9.17, 15) is 18.0 Å². The summed E-state index contributed by atoms with van der Waals surface area (Å²) < 4.78 is 38.8. The van der Waals surface area contributed by atoms with Crippen molar-refractivity contribution in [2.45, 2.75) is 31.1 Å². The minimum Gasteiger partial charge on any atom is -0.348 e. The topological polar surface area (TPSA) is 59.0 Å². The lowest BCUT2D eigenvalue weighted by Gasteiger charge is -2.31. The van der Waals surface area contributed by atoms with Crippen LogP contribution in [-0.4, -0.2) is 40.5 Å². The summed E-state index contributed by atoms with van der Waals surface area (Å²) in [6.45, 7) is 0.121. The number of rotatable bonds is 2. The van der Waals surface area contributed by atoms with Crippen LogP contribution in [0.5, 0.6) is 0 Å². The quantitative estimate of drug-likeness (QED) is 0.841. The van der Waals surface area contributed by atoms with Gasteiger partial charge >= 0.3 is 6.18 Å². The van der Waals surface area contributed by atoms with Gasteiger partial charge < -0.3 is 10.6 Å². The zero-order valence-corrected chi connectivity index (χ0v) is 10.4. The van der Waals surface area contributed by atoms with Crippen molar-refractivity contribution in [1.82, 2.24) is 20.4 Å². The van der Waals surface area contributed by atoms with Crippen LogP contribution >= 0.6 is 0 Å². The first-order chi connectivity index (χ1) is 8.86. The highest BCUT2D eigenvalue weighted by molar-refractivity contribution is 5.93. The standard InChI is InChI=1S/C11H15F3N4O/c1-18-6-7(4-16-18)10(19)17-8-2-3-9(15-5-8)11(12,13)14/h4,6,8-9,15H,2-3,5H2,1H3,(H,17,19). The molecule has 0 spiro atoms. The Morgan fingerprint density at radius 3 is 2.74 bits per heavy atom. The smallest absolute Gasteiger partial charge is 0.348 e. The minimum absolute atomic E-state index is 0.0263. The van der Waals surface area contributed by atoms with E-state index in [-0.39, 0.29) is 24.9 Å². The molecular weight excluding hydrogens is 261 g/mol. The van der Waals surface area contributed by atoms with Gasteiger partial charge in [0.1, 0.15) is 6.04 Å².